The van der Waals surface area contributed by atoms with Gasteiger partial charge in [0, 0.05) is 25.7 Å². The maximum absolute atomic E-state index is 13.7. The van der Waals surface area contributed by atoms with Crippen molar-refractivity contribution in [1.82, 2.24) is 4.31 Å². The molecule has 25 heavy (non-hydrogen) atoms. The molecule has 1 aromatic rings. The predicted octanol–water partition coefficient (Wildman–Crippen LogP) is 2.16. The van der Waals surface area contributed by atoms with Gasteiger partial charge in [-0.3, -0.25) is 0 Å². The third kappa shape index (κ3) is 5.27. The van der Waals surface area contributed by atoms with Gasteiger partial charge in [0.05, 0.1) is 6.61 Å². The van der Waals surface area contributed by atoms with Crippen molar-refractivity contribution in [3.8, 4) is 5.75 Å². The normalized spacial score (nSPS) is 19.9. The Labute approximate surface area is 154 Å². The van der Waals surface area contributed by atoms with Gasteiger partial charge in [-0.2, -0.15) is 4.31 Å². The van der Waals surface area contributed by atoms with Gasteiger partial charge in [-0.1, -0.05) is 6.42 Å². The molecule has 0 bridgehead atoms. The SMILES string of the molecule is COCCOc1ccc(F)cc1S(=O)(=O)N1CCCCC1C(C)N.Cl. The number of nitrogens with two attached hydrogens (primary N) is 1. The molecular weight excluding hydrogens is 371 g/mol. The zero-order valence-corrected chi connectivity index (χ0v) is 16.1. The van der Waals surface area contributed by atoms with Gasteiger partial charge in [0.2, 0.25) is 10.0 Å². The Bertz CT molecular complexity index is 658. The van der Waals surface area contributed by atoms with E-state index in [0.717, 1.165) is 18.9 Å². The molecule has 0 aromatic heterocycles. The highest BCUT2D eigenvalue weighted by atomic mass is 35.5. The Balaban J connectivity index is 0.00000312. The minimum atomic E-state index is -3.90. The summed E-state index contributed by atoms with van der Waals surface area (Å²) in [5, 5.41) is 0. The summed E-state index contributed by atoms with van der Waals surface area (Å²) in [5.74, 6) is -0.496. The van der Waals surface area contributed by atoms with Crippen molar-refractivity contribution in [2.24, 2.45) is 5.73 Å². The topological polar surface area (TPSA) is 81.9 Å². The average molecular weight is 397 g/mol. The summed E-state index contributed by atoms with van der Waals surface area (Å²) >= 11 is 0. The van der Waals surface area contributed by atoms with Gasteiger partial charge < -0.3 is 15.2 Å². The summed E-state index contributed by atoms with van der Waals surface area (Å²) < 4.78 is 51.7. The van der Waals surface area contributed by atoms with Crippen LogP contribution in [0.3, 0.4) is 0 Å². The molecule has 2 unspecified atom stereocenters. The summed E-state index contributed by atoms with van der Waals surface area (Å²) in [7, 11) is -2.38. The molecule has 0 radical (unpaired) electrons. The third-order valence-corrected chi connectivity index (χ3v) is 6.09. The lowest BCUT2D eigenvalue weighted by molar-refractivity contribution is 0.144. The van der Waals surface area contributed by atoms with Gasteiger partial charge in [-0.15, -0.1) is 12.4 Å². The van der Waals surface area contributed by atoms with Gasteiger partial charge in [0.15, 0.2) is 0 Å². The van der Waals surface area contributed by atoms with Crippen LogP contribution < -0.4 is 10.5 Å². The minimum absolute atomic E-state index is 0. The van der Waals surface area contributed by atoms with Crippen LogP contribution in [0.2, 0.25) is 0 Å². The third-order valence-electron chi connectivity index (χ3n) is 4.14. The molecule has 0 aliphatic carbocycles. The zero-order valence-electron chi connectivity index (χ0n) is 14.5. The van der Waals surface area contributed by atoms with E-state index in [4.69, 9.17) is 15.2 Å². The van der Waals surface area contributed by atoms with E-state index in [-0.39, 0.29) is 41.7 Å². The van der Waals surface area contributed by atoms with Gasteiger partial charge in [-0.25, -0.2) is 12.8 Å². The zero-order chi connectivity index (χ0) is 17.7. The molecule has 1 fully saturated rings. The fourth-order valence-corrected chi connectivity index (χ4v) is 4.84. The van der Waals surface area contributed by atoms with Crippen LogP contribution in [0.4, 0.5) is 4.39 Å². The van der Waals surface area contributed by atoms with E-state index in [1.54, 1.807) is 6.92 Å². The van der Waals surface area contributed by atoms with Crippen molar-refractivity contribution in [3.63, 3.8) is 0 Å². The Hall–Kier alpha value is -0.930. The number of halogens is 2. The van der Waals surface area contributed by atoms with Crippen LogP contribution in [0, 0.1) is 5.82 Å². The van der Waals surface area contributed by atoms with Crippen molar-refractivity contribution < 1.29 is 22.3 Å². The summed E-state index contributed by atoms with van der Waals surface area (Å²) in [4.78, 5) is -0.161. The lowest BCUT2D eigenvalue weighted by atomic mass is 10.00. The van der Waals surface area contributed by atoms with Crippen LogP contribution in [0.15, 0.2) is 23.1 Å². The number of nitrogens with zero attached hydrogens (tertiary/aromatic N) is 1. The Kier molecular flexibility index (Phi) is 8.56. The van der Waals surface area contributed by atoms with E-state index < -0.39 is 15.8 Å². The van der Waals surface area contributed by atoms with E-state index in [2.05, 4.69) is 0 Å². The molecule has 144 valence electrons. The van der Waals surface area contributed by atoms with Crippen molar-refractivity contribution in [3.05, 3.63) is 24.0 Å². The van der Waals surface area contributed by atoms with E-state index >= 15 is 0 Å². The smallest absolute Gasteiger partial charge is 0.247 e. The largest absolute Gasteiger partial charge is 0.490 e. The highest BCUT2D eigenvalue weighted by Gasteiger charge is 2.37. The first-order chi connectivity index (χ1) is 11.4. The lowest BCUT2D eigenvalue weighted by Crippen LogP contribution is -2.51. The first kappa shape index (κ1) is 22.1. The molecule has 1 heterocycles. The van der Waals surface area contributed by atoms with Crippen LogP contribution in [-0.4, -0.2) is 51.7 Å². The van der Waals surface area contributed by atoms with Crippen molar-refractivity contribution >= 4 is 22.4 Å². The number of methoxy groups -OCH3 is 1. The van der Waals surface area contributed by atoms with E-state index in [1.807, 2.05) is 0 Å². The van der Waals surface area contributed by atoms with Gasteiger partial charge >= 0.3 is 0 Å². The van der Waals surface area contributed by atoms with Crippen LogP contribution in [0.25, 0.3) is 0 Å². The maximum Gasteiger partial charge on any atom is 0.247 e. The van der Waals surface area contributed by atoms with Crippen LogP contribution in [0.1, 0.15) is 26.2 Å². The summed E-state index contributed by atoms with van der Waals surface area (Å²) in [6.07, 6.45) is 2.39. The number of sulfonamides is 1. The summed E-state index contributed by atoms with van der Waals surface area (Å²) in [5.41, 5.74) is 5.97. The molecule has 1 aliphatic rings. The van der Waals surface area contributed by atoms with E-state index in [0.29, 0.717) is 19.6 Å². The second-order valence-electron chi connectivity index (χ2n) is 5.97. The number of hydrogen-bond acceptors (Lipinski definition) is 5. The van der Waals surface area contributed by atoms with Gasteiger partial charge in [0.25, 0.3) is 0 Å². The highest BCUT2D eigenvalue weighted by molar-refractivity contribution is 7.89. The van der Waals surface area contributed by atoms with Crippen molar-refractivity contribution in [2.45, 2.75) is 43.2 Å². The molecule has 9 heteroatoms. The lowest BCUT2D eigenvalue weighted by Gasteiger charge is -2.37. The maximum atomic E-state index is 13.7. The van der Waals surface area contributed by atoms with Crippen LogP contribution in [-0.2, 0) is 14.8 Å². The van der Waals surface area contributed by atoms with Crippen LogP contribution in [0.5, 0.6) is 5.75 Å². The monoisotopic (exact) mass is 396 g/mol. The number of benzene rings is 1. The molecule has 1 saturated heterocycles. The quantitative estimate of drug-likeness (QED) is 0.714. The van der Waals surface area contributed by atoms with Gasteiger partial charge in [0.1, 0.15) is 23.1 Å². The molecule has 2 N–H and O–H groups in total. The molecule has 2 rings (SSSR count). The molecule has 0 amide bonds. The second kappa shape index (κ2) is 9.68. The first-order valence-corrected chi connectivity index (χ1v) is 9.50. The molecule has 0 spiro atoms. The molecule has 1 aliphatic heterocycles. The Morgan fingerprint density at radius 3 is 2.72 bits per heavy atom. The van der Waals surface area contributed by atoms with E-state index in [1.165, 1.54) is 23.5 Å². The molecule has 1 aromatic carbocycles. The average Bonchev–Trinajstić information content (AvgIpc) is 2.56. The predicted molar refractivity (Wildman–Crippen MR) is 96.2 cm³/mol. The van der Waals surface area contributed by atoms with Gasteiger partial charge in [-0.05, 0) is 38.0 Å². The summed E-state index contributed by atoms with van der Waals surface area (Å²) in [6, 6.07) is 2.93. The molecule has 6 nitrogen and oxygen atoms in total. The number of ether oxygens (including phenoxy) is 2. The fraction of sp³-hybridized carbons (Fsp3) is 0.625. The number of rotatable bonds is 7. The first-order valence-electron chi connectivity index (χ1n) is 8.06. The minimum Gasteiger partial charge on any atom is -0.490 e. The second-order valence-corrected chi connectivity index (χ2v) is 7.83. The van der Waals surface area contributed by atoms with Crippen molar-refractivity contribution in [2.75, 3.05) is 26.9 Å². The Morgan fingerprint density at radius 2 is 2.08 bits per heavy atom. The number of piperidine rings is 1. The Morgan fingerprint density at radius 1 is 1.36 bits per heavy atom. The highest BCUT2D eigenvalue weighted by Crippen LogP contribution is 2.32. The molecule has 0 saturated carbocycles. The number of hydrogen-bond donors (Lipinski definition) is 1. The summed E-state index contributed by atoms with van der Waals surface area (Å²) in [6.45, 7) is 2.66. The fourth-order valence-electron chi connectivity index (χ4n) is 2.92. The standard InChI is InChI=1S/C16H25FN2O4S.ClH/c1-12(18)14-5-3-4-8-19(14)24(20,21)16-11-13(17)6-7-15(16)23-10-9-22-2;/h6-7,11-12,14H,3-5,8-10,18H2,1-2H3;1H. The molecular formula is C16H26ClFN2O4S. The van der Waals surface area contributed by atoms with Crippen molar-refractivity contribution in [1.29, 1.82) is 0 Å². The van der Waals surface area contributed by atoms with Crippen LogP contribution >= 0.6 is 12.4 Å². The molecule has 2 atom stereocenters. The van der Waals surface area contributed by atoms with E-state index in [9.17, 15) is 12.8 Å².